The monoisotopic (exact) mass is 504 g/mol. The SMILES string of the molecule is CCCC/C(=C(\[Te]c1ccccc1)S(=O)c1ccc(C)cc1)c1ccccc1. The third-order valence-corrected chi connectivity index (χ3v) is 10.3. The number of unbranched alkanes of at least 4 members (excludes halogenated alkanes) is 1. The molecule has 0 fully saturated rings. The van der Waals surface area contributed by atoms with Crippen molar-refractivity contribution in [2.24, 2.45) is 0 Å². The second-order valence-corrected chi connectivity index (χ2v) is 12.0. The van der Waals surface area contributed by atoms with E-state index < -0.39 is 31.7 Å². The molecule has 0 aliphatic heterocycles. The number of benzene rings is 3. The summed E-state index contributed by atoms with van der Waals surface area (Å²) in [7, 11) is -1.13. The van der Waals surface area contributed by atoms with Gasteiger partial charge in [-0.05, 0) is 0 Å². The fraction of sp³-hybridized carbons (Fsp3) is 0.200. The van der Waals surface area contributed by atoms with Crippen LogP contribution in [0, 0.1) is 6.92 Å². The van der Waals surface area contributed by atoms with E-state index in [9.17, 15) is 4.21 Å². The summed E-state index contributed by atoms with van der Waals surface area (Å²) in [5.74, 6) is 0. The van der Waals surface area contributed by atoms with Crippen LogP contribution in [0.3, 0.4) is 0 Å². The third-order valence-electron chi connectivity index (χ3n) is 4.51. The normalized spacial score (nSPS) is 13.1. The van der Waals surface area contributed by atoms with Gasteiger partial charge >= 0.3 is 182 Å². The first-order chi connectivity index (χ1) is 13.7. The van der Waals surface area contributed by atoms with Crippen molar-refractivity contribution in [1.29, 1.82) is 0 Å². The quantitative estimate of drug-likeness (QED) is 0.362. The van der Waals surface area contributed by atoms with Crippen molar-refractivity contribution in [2.75, 3.05) is 0 Å². The van der Waals surface area contributed by atoms with E-state index in [1.165, 1.54) is 20.3 Å². The molecule has 0 amide bonds. The Labute approximate surface area is 181 Å². The average Bonchev–Trinajstić information content (AvgIpc) is 2.75. The van der Waals surface area contributed by atoms with E-state index in [2.05, 4.69) is 74.5 Å². The molecular formula is C25H26OSTe. The van der Waals surface area contributed by atoms with Gasteiger partial charge in [0.15, 0.2) is 0 Å². The summed E-state index contributed by atoms with van der Waals surface area (Å²) in [6.07, 6.45) is 3.22. The minimum atomic E-state index is -1.13. The van der Waals surface area contributed by atoms with Crippen LogP contribution < -0.4 is 3.61 Å². The number of hydrogen-bond donors (Lipinski definition) is 0. The predicted molar refractivity (Wildman–Crippen MR) is 122 cm³/mol. The fourth-order valence-corrected chi connectivity index (χ4v) is 8.59. The first kappa shape index (κ1) is 21.1. The first-order valence-corrected chi connectivity index (χ1v) is 13.2. The molecule has 0 N–H and O–H groups in total. The molecule has 28 heavy (non-hydrogen) atoms. The Kier molecular flexibility index (Phi) is 8.10. The number of allylic oxidation sites excluding steroid dienone is 1. The maximum atomic E-state index is 13.7. The van der Waals surface area contributed by atoms with E-state index in [1.54, 1.807) is 0 Å². The van der Waals surface area contributed by atoms with Crippen LogP contribution in [0.5, 0.6) is 0 Å². The minimum absolute atomic E-state index is 0.739. The third kappa shape index (κ3) is 5.67. The van der Waals surface area contributed by atoms with Gasteiger partial charge in [0, 0.05) is 0 Å². The van der Waals surface area contributed by atoms with E-state index in [4.69, 9.17) is 0 Å². The second kappa shape index (κ2) is 10.8. The van der Waals surface area contributed by atoms with Crippen molar-refractivity contribution >= 4 is 40.9 Å². The zero-order chi connectivity index (χ0) is 19.8. The topological polar surface area (TPSA) is 17.1 Å². The zero-order valence-corrected chi connectivity index (χ0v) is 19.6. The van der Waals surface area contributed by atoms with Gasteiger partial charge in [-0.2, -0.15) is 0 Å². The molecule has 144 valence electrons. The van der Waals surface area contributed by atoms with Crippen LogP contribution in [0.4, 0.5) is 0 Å². The van der Waals surface area contributed by atoms with Crippen LogP contribution in [0.2, 0.25) is 0 Å². The van der Waals surface area contributed by atoms with Gasteiger partial charge in [-0.25, -0.2) is 0 Å². The van der Waals surface area contributed by atoms with Crippen LogP contribution in [0.1, 0.15) is 37.3 Å². The van der Waals surface area contributed by atoms with Gasteiger partial charge in [0.25, 0.3) is 0 Å². The van der Waals surface area contributed by atoms with Gasteiger partial charge in [-0.1, -0.05) is 0 Å². The van der Waals surface area contributed by atoms with E-state index in [0.717, 1.165) is 27.1 Å². The second-order valence-electron chi connectivity index (χ2n) is 6.73. The van der Waals surface area contributed by atoms with E-state index in [-0.39, 0.29) is 0 Å². The number of aryl methyl sites for hydroxylation is 1. The van der Waals surface area contributed by atoms with Crippen LogP contribution in [0.15, 0.2) is 92.8 Å². The molecule has 0 saturated carbocycles. The number of hydrogen-bond acceptors (Lipinski definition) is 1. The first-order valence-electron chi connectivity index (χ1n) is 9.69. The molecule has 3 aromatic rings. The zero-order valence-electron chi connectivity index (χ0n) is 16.4. The molecular weight excluding hydrogens is 476 g/mol. The van der Waals surface area contributed by atoms with Crippen molar-refractivity contribution in [3.63, 3.8) is 0 Å². The Hall–Kier alpha value is -1.66. The van der Waals surface area contributed by atoms with E-state index in [0.29, 0.717) is 0 Å². The van der Waals surface area contributed by atoms with Gasteiger partial charge in [0.05, 0.1) is 0 Å². The molecule has 0 bridgehead atoms. The Bertz CT molecular complexity index is 931. The molecule has 0 heterocycles. The van der Waals surface area contributed by atoms with Gasteiger partial charge in [0.2, 0.25) is 0 Å². The predicted octanol–water partition coefficient (Wildman–Crippen LogP) is 5.69. The molecule has 0 aliphatic carbocycles. The van der Waals surface area contributed by atoms with E-state index >= 15 is 0 Å². The Morgan fingerprint density at radius 3 is 2.07 bits per heavy atom. The summed E-state index contributed by atoms with van der Waals surface area (Å²) in [4.78, 5) is 0.909. The Morgan fingerprint density at radius 1 is 0.857 bits per heavy atom. The molecule has 1 unspecified atom stereocenters. The molecule has 1 atom stereocenters. The molecule has 0 saturated heterocycles. The van der Waals surface area contributed by atoms with Crippen LogP contribution in [-0.2, 0) is 10.8 Å². The van der Waals surface area contributed by atoms with Gasteiger partial charge in [-0.3, -0.25) is 0 Å². The van der Waals surface area contributed by atoms with Gasteiger partial charge < -0.3 is 0 Å². The number of rotatable bonds is 8. The molecule has 0 aromatic heterocycles. The van der Waals surface area contributed by atoms with Gasteiger partial charge in [-0.15, -0.1) is 0 Å². The Balaban J connectivity index is 2.12. The summed E-state index contributed by atoms with van der Waals surface area (Å²) in [5.41, 5.74) is 3.69. The molecule has 0 spiro atoms. The Morgan fingerprint density at radius 2 is 1.46 bits per heavy atom. The molecule has 3 rings (SSSR count). The summed E-state index contributed by atoms with van der Waals surface area (Å²) in [6, 6.07) is 29.3. The van der Waals surface area contributed by atoms with Crippen LogP contribution in [0.25, 0.3) is 5.57 Å². The van der Waals surface area contributed by atoms with Crippen LogP contribution in [-0.4, -0.2) is 25.1 Å². The van der Waals surface area contributed by atoms with Crippen molar-refractivity contribution in [3.8, 4) is 0 Å². The van der Waals surface area contributed by atoms with Crippen molar-refractivity contribution in [3.05, 3.63) is 99.0 Å². The van der Waals surface area contributed by atoms with Crippen molar-refractivity contribution < 1.29 is 4.21 Å². The summed E-state index contributed by atoms with van der Waals surface area (Å²) in [5, 5.41) is 0. The standard InChI is InChI=1S/C25H26OSTe/c1-3-4-15-24(21-11-7-5-8-12-21)25(28-23-13-9-6-10-14-23)27(26)22-18-16-20(2)17-19-22/h5-14,16-19H,3-4,15H2,1-2H3/b25-24+. The molecule has 3 heteroatoms. The van der Waals surface area contributed by atoms with Crippen LogP contribution >= 0.6 is 0 Å². The average molecular weight is 502 g/mol. The molecule has 0 radical (unpaired) electrons. The fourth-order valence-electron chi connectivity index (χ4n) is 2.93. The molecule has 0 aliphatic rings. The van der Waals surface area contributed by atoms with Gasteiger partial charge in [0.1, 0.15) is 0 Å². The summed E-state index contributed by atoms with van der Waals surface area (Å²) in [6.45, 7) is 4.28. The van der Waals surface area contributed by atoms with Crippen molar-refractivity contribution in [2.45, 2.75) is 38.0 Å². The molecule has 3 aromatic carbocycles. The maximum absolute atomic E-state index is 13.7. The van der Waals surface area contributed by atoms with E-state index in [1.807, 2.05) is 24.3 Å². The summed E-state index contributed by atoms with van der Waals surface area (Å²) >= 11 is -0.739. The van der Waals surface area contributed by atoms with Crippen molar-refractivity contribution in [1.82, 2.24) is 0 Å². The molecule has 1 nitrogen and oxygen atoms in total. The summed E-state index contributed by atoms with van der Waals surface area (Å²) < 4.78 is 16.2.